The fourth-order valence-electron chi connectivity index (χ4n) is 4.55. The molecule has 0 radical (unpaired) electrons. The van der Waals surface area contributed by atoms with Crippen LogP contribution in [-0.4, -0.2) is 71.0 Å². The Hall–Kier alpha value is -4.11. The molecule has 0 unspecified atom stereocenters. The standard InChI is InChI=1S/C29H33FN6O2.C2H6/c1-19(14-24-20(2)32-10-6-26(24)36-13-9-23(31-3)16-27(36)37)18-35-11-7-21(8-12-35)28-25(30)15-22(17-33-28)29(38)34(4)5;1-2/h6-7,9-10,13-17,31H,8,11-12,18H2,1-5H3;1-2H3/b19-14+;. The molecule has 0 atom stereocenters. The summed E-state index contributed by atoms with van der Waals surface area (Å²) >= 11 is 0. The summed E-state index contributed by atoms with van der Waals surface area (Å²) in [7, 11) is 5.03. The first kappa shape index (κ1) is 30.4. The highest BCUT2D eigenvalue weighted by molar-refractivity contribution is 5.93. The minimum absolute atomic E-state index is 0.122. The number of hydrogen-bond donors (Lipinski definition) is 1. The third kappa shape index (κ3) is 7.09. The van der Waals surface area contributed by atoms with Crippen LogP contribution < -0.4 is 10.9 Å². The molecule has 0 saturated carbocycles. The molecular formula is C31H39FN6O2. The smallest absolute Gasteiger partial charge is 0.257 e. The third-order valence-corrected chi connectivity index (χ3v) is 6.59. The van der Waals surface area contributed by atoms with Crippen LogP contribution in [0.1, 0.15) is 54.5 Å². The molecule has 0 spiro atoms. The predicted molar refractivity (Wildman–Crippen MR) is 160 cm³/mol. The highest BCUT2D eigenvalue weighted by atomic mass is 19.1. The van der Waals surface area contributed by atoms with Crippen molar-refractivity contribution in [1.29, 1.82) is 0 Å². The first-order chi connectivity index (χ1) is 19.2. The minimum atomic E-state index is -0.481. The lowest BCUT2D eigenvalue weighted by molar-refractivity contribution is 0.0826. The average molecular weight is 547 g/mol. The van der Waals surface area contributed by atoms with Gasteiger partial charge in [0.1, 0.15) is 11.5 Å². The van der Waals surface area contributed by atoms with Crippen molar-refractivity contribution in [3.8, 4) is 5.69 Å². The molecule has 3 aromatic heterocycles. The van der Waals surface area contributed by atoms with Crippen molar-refractivity contribution in [3.63, 3.8) is 0 Å². The van der Waals surface area contributed by atoms with Gasteiger partial charge in [0.25, 0.3) is 11.5 Å². The van der Waals surface area contributed by atoms with Gasteiger partial charge in [0.2, 0.25) is 0 Å². The molecule has 0 aliphatic carbocycles. The molecule has 4 heterocycles. The first-order valence-corrected chi connectivity index (χ1v) is 13.5. The van der Waals surface area contributed by atoms with Crippen molar-refractivity contribution in [2.45, 2.75) is 34.1 Å². The van der Waals surface area contributed by atoms with Crippen LogP contribution in [0.2, 0.25) is 0 Å². The van der Waals surface area contributed by atoms with Gasteiger partial charge in [0, 0.05) is 82.4 Å². The van der Waals surface area contributed by atoms with Crippen LogP contribution in [-0.2, 0) is 0 Å². The molecule has 9 heteroatoms. The zero-order valence-corrected chi connectivity index (χ0v) is 24.5. The Bertz CT molecular complexity index is 1470. The Balaban J connectivity index is 0.00000216. The zero-order chi connectivity index (χ0) is 29.4. The molecule has 0 fully saturated rings. The Morgan fingerprint density at radius 2 is 1.95 bits per heavy atom. The summed E-state index contributed by atoms with van der Waals surface area (Å²) in [6, 6.07) is 6.54. The molecule has 0 bridgehead atoms. The van der Waals surface area contributed by atoms with Gasteiger partial charge in [-0.3, -0.25) is 29.0 Å². The van der Waals surface area contributed by atoms with Crippen molar-refractivity contribution in [1.82, 2.24) is 24.3 Å². The van der Waals surface area contributed by atoms with Crippen LogP contribution in [0, 0.1) is 12.7 Å². The van der Waals surface area contributed by atoms with Crippen LogP contribution in [0.4, 0.5) is 10.1 Å². The van der Waals surface area contributed by atoms with Crippen LogP contribution in [0.3, 0.4) is 0 Å². The summed E-state index contributed by atoms with van der Waals surface area (Å²) in [5, 5.41) is 2.99. The molecule has 1 N–H and O–H groups in total. The van der Waals surface area contributed by atoms with Gasteiger partial charge in [-0.1, -0.05) is 31.6 Å². The predicted octanol–water partition coefficient (Wildman–Crippen LogP) is 5.04. The van der Waals surface area contributed by atoms with Crippen LogP contribution >= 0.6 is 0 Å². The monoisotopic (exact) mass is 546 g/mol. The summed E-state index contributed by atoms with van der Waals surface area (Å²) in [4.78, 5) is 37.2. The van der Waals surface area contributed by atoms with Gasteiger partial charge in [-0.15, -0.1) is 0 Å². The molecule has 3 aromatic rings. The van der Waals surface area contributed by atoms with E-state index in [2.05, 4.69) is 33.2 Å². The van der Waals surface area contributed by atoms with E-state index in [1.54, 1.807) is 44.2 Å². The van der Waals surface area contributed by atoms with Gasteiger partial charge in [-0.2, -0.15) is 0 Å². The zero-order valence-electron chi connectivity index (χ0n) is 24.5. The second kappa shape index (κ2) is 13.8. The number of amides is 1. The van der Waals surface area contributed by atoms with Crippen LogP contribution in [0.15, 0.2) is 59.3 Å². The maximum atomic E-state index is 14.8. The lowest BCUT2D eigenvalue weighted by atomic mass is 10.0. The van der Waals surface area contributed by atoms with Gasteiger partial charge in [0.15, 0.2) is 0 Å². The van der Waals surface area contributed by atoms with Crippen LogP contribution in [0.25, 0.3) is 17.3 Å². The molecule has 1 aliphatic heterocycles. The second-order valence-corrected chi connectivity index (χ2v) is 9.66. The summed E-state index contributed by atoms with van der Waals surface area (Å²) in [6.45, 7) is 10.1. The van der Waals surface area contributed by atoms with E-state index in [0.717, 1.165) is 46.9 Å². The number of carbonyl (C=O) groups excluding carboxylic acids is 1. The summed E-state index contributed by atoms with van der Waals surface area (Å²) in [5.74, 6) is -0.757. The number of nitrogens with zero attached hydrogens (tertiary/aromatic N) is 5. The molecule has 212 valence electrons. The molecule has 40 heavy (non-hydrogen) atoms. The number of rotatable bonds is 7. The number of aromatic nitrogens is 3. The van der Waals surface area contributed by atoms with Crippen molar-refractivity contribution in [2.24, 2.45) is 0 Å². The number of aryl methyl sites for hydroxylation is 1. The quantitative estimate of drug-likeness (QED) is 0.447. The Labute approximate surface area is 235 Å². The number of hydrogen-bond acceptors (Lipinski definition) is 6. The molecule has 1 aliphatic rings. The highest BCUT2D eigenvalue weighted by Crippen LogP contribution is 2.25. The first-order valence-electron chi connectivity index (χ1n) is 13.5. The normalized spacial score (nSPS) is 13.7. The Morgan fingerprint density at radius 3 is 2.55 bits per heavy atom. The van der Waals surface area contributed by atoms with E-state index < -0.39 is 5.82 Å². The van der Waals surface area contributed by atoms with E-state index in [0.29, 0.717) is 18.7 Å². The summed E-state index contributed by atoms with van der Waals surface area (Å²) in [5.41, 5.74) is 5.66. The number of pyridine rings is 3. The topological polar surface area (TPSA) is 83.4 Å². The van der Waals surface area contributed by atoms with Gasteiger partial charge in [0.05, 0.1) is 11.3 Å². The van der Waals surface area contributed by atoms with Crippen molar-refractivity contribution >= 4 is 23.2 Å². The second-order valence-electron chi connectivity index (χ2n) is 9.66. The van der Waals surface area contributed by atoms with Crippen molar-refractivity contribution in [2.75, 3.05) is 46.1 Å². The molecular weight excluding hydrogens is 507 g/mol. The summed E-state index contributed by atoms with van der Waals surface area (Å²) in [6.07, 6.45) is 9.65. The molecule has 0 aromatic carbocycles. The van der Waals surface area contributed by atoms with E-state index >= 15 is 0 Å². The number of carbonyl (C=O) groups is 1. The summed E-state index contributed by atoms with van der Waals surface area (Å²) < 4.78 is 16.4. The van der Waals surface area contributed by atoms with Gasteiger partial charge < -0.3 is 10.2 Å². The van der Waals surface area contributed by atoms with Gasteiger partial charge >= 0.3 is 0 Å². The number of nitrogens with one attached hydrogen (secondary N) is 1. The number of anilines is 1. The van der Waals surface area contributed by atoms with E-state index in [9.17, 15) is 14.0 Å². The van der Waals surface area contributed by atoms with Gasteiger partial charge in [-0.05, 0) is 44.0 Å². The maximum Gasteiger partial charge on any atom is 0.257 e. The van der Waals surface area contributed by atoms with E-state index in [1.807, 2.05) is 39.0 Å². The van der Waals surface area contributed by atoms with Crippen molar-refractivity contribution < 1.29 is 9.18 Å². The fourth-order valence-corrected chi connectivity index (χ4v) is 4.55. The fraction of sp³-hybridized carbons (Fsp3) is 0.355. The lowest BCUT2D eigenvalue weighted by Crippen LogP contribution is -2.30. The lowest BCUT2D eigenvalue weighted by Gasteiger charge is -2.26. The highest BCUT2D eigenvalue weighted by Gasteiger charge is 2.19. The largest absolute Gasteiger partial charge is 0.388 e. The third-order valence-electron chi connectivity index (χ3n) is 6.59. The average Bonchev–Trinajstić information content (AvgIpc) is 2.95. The minimum Gasteiger partial charge on any atom is -0.388 e. The molecule has 4 rings (SSSR count). The Morgan fingerprint density at radius 1 is 1.20 bits per heavy atom. The SMILES string of the molecule is CC.CNc1ccn(-c2ccnc(C)c2/C=C(\C)CN2CC=C(c3ncc(C(=O)N(C)C)cc3F)CC2)c(=O)c1. The molecule has 1 amide bonds. The van der Waals surface area contributed by atoms with E-state index in [1.165, 1.54) is 17.2 Å². The van der Waals surface area contributed by atoms with Crippen molar-refractivity contribution in [3.05, 3.63) is 93.2 Å². The molecule has 8 nitrogen and oxygen atoms in total. The van der Waals surface area contributed by atoms with E-state index in [4.69, 9.17) is 0 Å². The molecule has 0 saturated heterocycles. The number of halogens is 1. The maximum absolute atomic E-state index is 14.8. The van der Waals surface area contributed by atoms with E-state index in [-0.39, 0.29) is 17.0 Å². The van der Waals surface area contributed by atoms with Crippen LogP contribution in [0.5, 0.6) is 0 Å². The Kier molecular flexibility index (Phi) is 10.5. The van der Waals surface area contributed by atoms with Gasteiger partial charge in [-0.25, -0.2) is 4.39 Å².